The second-order valence-corrected chi connectivity index (χ2v) is 8.05. The molecule has 1 aliphatic rings. The summed E-state index contributed by atoms with van der Waals surface area (Å²) in [6.45, 7) is 4.62. The van der Waals surface area contributed by atoms with Gasteiger partial charge in [-0.05, 0) is 58.6 Å². The Morgan fingerprint density at radius 2 is 1.87 bits per heavy atom. The number of hydrogen-bond donors (Lipinski definition) is 1. The van der Waals surface area contributed by atoms with Crippen LogP contribution in [0, 0.1) is 13.8 Å². The van der Waals surface area contributed by atoms with Crippen LogP contribution in [0.5, 0.6) is 0 Å². The van der Waals surface area contributed by atoms with Gasteiger partial charge in [0.05, 0.1) is 22.9 Å². The van der Waals surface area contributed by atoms with E-state index in [0.29, 0.717) is 40.6 Å². The summed E-state index contributed by atoms with van der Waals surface area (Å²) in [4.78, 5) is 37.8. The normalized spacial score (nSPS) is 18.5. The van der Waals surface area contributed by atoms with E-state index in [-0.39, 0.29) is 11.3 Å². The summed E-state index contributed by atoms with van der Waals surface area (Å²) < 4.78 is 0. The van der Waals surface area contributed by atoms with E-state index in [1.54, 1.807) is 38.1 Å². The molecule has 158 valence electrons. The smallest absolute Gasteiger partial charge is 0.295 e. The van der Waals surface area contributed by atoms with Crippen LogP contribution in [0.25, 0.3) is 5.76 Å². The van der Waals surface area contributed by atoms with E-state index in [2.05, 4.69) is 9.97 Å². The van der Waals surface area contributed by atoms with Crippen molar-refractivity contribution >= 4 is 29.1 Å². The predicted octanol–water partition coefficient (Wildman–Crippen LogP) is 3.12. The molecule has 0 bridgehead atoms. The number of nitrogens with zero attached hydrogens (tertiary/aromatic N) is 4. The first kappa shape index (κ1) is 21.9. The van der Waals surface area contributed by atoms with Crippen molar-refractivity contribution in [1.29, 1.82) is 0 Å². The monoisotopic (exact) mass is 428 g/mol. The van der Waals surface area contributed by atoms with Crippen LogP contribution in [0.4, 0.5) is 0 Å². The molecular weight excluding hydrogens is 404 g/mol. The number of amides is 1. The Balaban J connectivity index is 2.12. The van der Waals surface area contributed by atoms with Gasteiger partial charge < -0.3 is 14.9 Å². The zero-order valence-electron chi connectivity index (χ0n) is 17.5. The molecule has 1 aromatic carbocycles. The lowest BCUT2D eigenvalue weighted by Crippen LogP contribution is -2.32. The third-order valence-corrected chi connectivity index (χ3v) is 5.34. The molecule has 1 fully saturated rings. The maximum absolute atomic E-state index is 13.0. The van der Waals surface area contributed by atoms with Crippen molar-refractivity contribution in [3.63, 3.8) is 0 Å². The lowest BCUT2D eigenvalue weighted by molar-refractivity contribution is -0.139. The standard InChI is InChI=1S/C22H25ClN4O3/c1-13-17(12-24-14(2)25-13)20(28)18-19(15-6-8-16(23)9-7-15)27(22(30)21(18)29)11-5-10-26(3)4/h6-9,12,19,28H,5,10-11H2,1-4H3/t19-/m1/s1. The highest BCUT2D eigenvalue weighted by Crippen LogP contribution is 2.39. The van der Waals surface area contributed by atoms with Crippen LogP contribution in [-0.4, -0.2) is 63.7 Å². The molecule has 30 heavy (non-hydrogen) atoms. The molecule has 0 radical (unpaired) electrons. The van der Waals surface area contributed by atoms with E-state index < -0.39 is 17.7 Å². The first-order valence-corrected chi connectivity index (χ1v) is 10.1. The minimum Gasteiger partial charge on any atom is -0.507 e. The SMILES string of the molecule is Cc1ncc(C(O)=C2C(=O)C(=O)N(CCCN(C)C)[C@@H]2c2ccc(Cl)cc2)c(C)n1. The zero-order valence-corrected chi connectivity index (χ0v) is 18.3. The molecule has 1 saturated heterocycles. The minimum absolute atomic E-state index is 0.0442. The van der Waals surface area contributed by atoms with Gasteiger partial charge in [-0.1, -0.05) is 23.7 Å². The van der Waals surface area contributed by atoms with Crippen LogP contribution in [0.15, 0.2) is 36.0 Å². The minimum atomic E-state index is -0.711. The van der Waals surface area contributed by atoms with Gasteiger partial charge in [0.2, 0.25) is 0 Å². The van der Waals surface area contributed by atoms with Crippen LogP contribution >= 0.6 is 11.6 Å². The third kappa shape index (κ3) is 4.37. The van der Waals surface area contributed by atoms with Gasteiger partial charge in [-0.2, -0.15) is 0 Å². The van der Waals surface area contributed by atoms with Crippen LogP contribution in [0.2, 0.25) is 5.02 Å². The average molecular weight is 429 g/mol. The average Bonchev–Trinajstić information content (AvgIpc) is 2.93. The molecule has 2 aromatic rings. The lowest BCUT2D eigenvalue weighted by atomic mass is 9.95. The van der Waals surface area contributed by atoms with Crippen molar-refractivity contribution in [2.24, 2.45) is 0 Å². The number of carbonyl (C=O) groups is 2. The van der Waals surface area contributed by atoms with Crippen molar-refractivity contribution in [3.8, 4) is 0 Å². The second-order valence-electron chi connectivity index (χ2n) is 7.62. The molecule has 1 aromatic heterocycles. The number of aryl methyl sites for hydroxylation is 2. The summed E-state index contributed by atoms with van der Waals surface area (Å²) in [6, 6.07) is 6.24. The molecule has 1 aliphatic heterocycles. The Morgan fingerprint density at radius 3 is 2.47 bits per heavy atom. The van der Waals surface area contributed by atoms with Crippen LogP contribution in [-0.2, 0) is 9.59 Å². The van der Waals surface area contributed by atoms with E-state index in [1.165, 1.54) is 11.1 Å². The summed E-state index contributed by atoms with van der Waals surface area (Å²) >= 11 is 6.03. The summed E-state index contributed by atoms with van der Waals surface area (Å²) in [6.07, 6.45) is 2.17. The Kier molecular flexibility index (Phi) is 6.53. The Bertz CT molecular complexity index is 1000. The van der Waals surface area contributed by atoms with Crippen LogP contribution in [0.1, 0.15) is 35.1 Å². The Morgan fingerprint density at radius 1 is 1.20 bits per heavy atom. The van der Waals surface area contributed by atoms with Gasteiger partial charge in [0.1, 0.15) is 11.6 Å². The van der Waals surface area contributed by atoms with E-state index in [1.807, 2.05) is 19.0 Å². The molecule has 3 rings (SSSR count). The highest BCUT2D eigenvalue weighted by molar-refractivity contribution is 6.46. The molecule has 1 amide bonds. The number of Topliss-reactive ketones (excluding diaryl/α,β-unsaturated/α-hetero) is 1. The Labute approximate surface area is 181 Å². The third-order valence-electron chi connectivity index (χ3n) is 5.08. The van der Waals surface area contributed by atoms with Crippen molar-refractivity contribution < 1.29 is 14.7 Å². The fraction of sp³-hybridized carbons (Fsp3) is 0.364. The number of hydrogen-bond acceptors (Lipinski definition) is 6. The molecule has 7 nitrogen and oxygen atoms in total. The first-order chi connectivity index (χ1) is 14.2. The molecule has 1 N–H and O–H groups in total. The molecule has 0 spiro atoms. The molecule has 2 heterocycles. The number of halogens is 1. The predicted molar refractivity (Wildman–Crippen MR) is 115 cm³/mol. The van der Waals surface area contributed by atoms with E-state index in [4.69, 9.17) is 11.6 Å². The van der Waals surface area contributed by atoms with Gasteiger partial charge >= 0.3 is 0 Å². The van der Waals surface area contributed by atoms with Gasteiger partial charge in [-0.15, -0.1) is 0 Å². The van der Waals surface area contributed by atoms with Crippen molar-refractivity contribution in [3.05, 3.63) is 63.7 Å². The quantitative estimate of drug-likeness (QED) is 0.432. The highest BCUT2D eigenvalue weighted by atomic mass is 35.5. The zero-order chi connectivity index (χ0) is 22.0. The van der Waals surface area contributed by atoms with Crippen molar-refractivity contribution in [1.82, 2.24) is 19.8 Å². The first-order valence-electron chi connectivity index (χ1n) is 9.70. The maximum Gasteiger partial charge on any atom is 0.295 e. The summed E-state index contributed by atoms with van der Waals surface area (Å²) in [7, 11) is 3.90. The summed E-state index contributed by atoms with van der Waals surface area (Å²) in [5.74, 6) is -1.04. The largest absolute Gasteiger partial charge is 0.507 e. The van der Waals surface area contributed by atoms with E-state index in [0.717, 1.165) is 6.54 Å². The van der Waals surface area contributed by atoms with Gasteiger partial charge in [-0.3, -0.25) is 9.59 Å². The lowest BCUT2D eigenvalue weighted by Gasteiger charge is -2.26. The highest BCUT2D eigenvalue weighted by Gasteiger charge is 2.46. The summed E-state index contributed by atoms with van der Waals surface area (Å²) in [5, 5.41) is 11.6. The van der Waals surface area contributed by atoms with Gasteiger partial charge in [-0.25, -0.2) is 9.97 Å². The molecule has 8 heteroatoms. The Hall–Kier alpha value is -2.77. The van der Waals surface area contributed by atoms with Gasteiger partial charge in [0.15, 0.2) is 0 Å². The number of aromatic nitrogens is 2. The van der Waals surface area contributed by atoms with Crippen molar-refractivity contribution in [2.75, 3.05) is 27.2 Å². The fourth-order valence-corrected chi connectivity index (χ4v) is 3.75. The van der Waals surface area contributed by atoms with Crippen LogP contribution < -0.4 is 0 Å². The van der Waals surface area contributed by atoms with Gasteiger partial charge in [0.25, 0.3) is 11.7 Å². The van der Waals surface area contributed by atoms with Gasteiger partial charge in [0, 0.05) is 17.8 Å². The number of ketones is 1. The molecule has 0 aliphatic carbocycles. The number of rotatable bonds is 6. The number of aliphatic hydroxyl groups excluding tert-OH is 1. The topological polar surface area (TPSA) is 86.6 Å². The van der Waals surface area contributed by atoms with E-state index >= 15 is 0 Å². The second kappa shape index (κ2) is 8.93. The number of carbonyl (C=O) groups excluding carboxylic acids is 2. The molecule has 0 saturated carbocycles. The maximum atomic E-state index is 13.0. The molecule has 1 atom stereocenters. The fourth-order valence-electron chi connectivity index (χ4n) is 3.62. The number of aliphatic hydroxyl groups is 1. The number of likely N-dealkylation sites (tertiary alicyclic amines) is 1. The summed E-state index contributed by atoms with van der Waals surface area (Å²) in [5.41, 5.74) is 1.62. The van der Waals surface area contributed by atoms with E-state index in [9.17, 15) is 14.7 Å². The molecular formula is C22H25ClN4O3. The number of benzene rings is 1. The van der Waals surface area contributed by atoms with Crippen molar-refractivity contribution in [2.45, 2.75) is 26.3 Å². The van der Waals surface area contributed by atoms with Crippen LogP contribution in [0.3, 0.4) is 0 Å². The molecule has 0 unspecified atom stereocenters.